The van der Waals surface area contributed by atoms with Crippen LogP contribution in [0.1, 0.15) is 45.1 Å². The first-order valence-electron chi connectivity index (χ1n) is 9.11. The van der Waals surface area contributed by atoms with Crippen LogP contribution in [0, 0.1) is 0 Å². The Morgan fingerprint density at radius 3 is 2.58 bits per heavy atom. The number of rotatable bonds is 6. The van der Waals surface area contributed by atoms with Crippen molar-refractivity contribution in [3.05, 3.63) is 47.2 Å². The van der Waals surface area contributed by atoms with Crippen molar-refractivity contribution in [1.29, 1.82) is 0 Å². The van der Waals surface area contributed by atoms with Crippen molar-refractivity contribution >= 4 is 11.5 Å². The summed E-state index contributed by atoms with van der Waals surface area (Å²) in [5.41, 5.74) is 4.30. The van der Waals surface area contributed by atoms with E-state index in [0.29, 0.717) is 18.6 Å². The number of ketones is 1. The van der Waals surface area contributed by atoms with Crippen LogP contribution in [0.3, 0.4) is 0 Å². The Bertz CT molecular complexity index is 644. The molecular weight excluding hydrogens is 298 g/mol. The van der Waals surface area contributed by atoms with Gasteiger partial charge in [-0.25, -0.2) is 0 Å². The number of carbonyl (C=O) groups excluding carboxylic acids is 1. The third-order valence-electron chi connectivity index (χ3n) is 5.03. The Morgan fingerprint density at radius 2 is 1.88 bits per heavy atom. The van der Waals surface area contributed by atoms with Gasteiger partial charge in [0.1, 0.15) is 0 Å². The third kappa shape index (κ3) is 3.59. The van der Waals surface area contributed by atoms with Crippen LogP contribution in [0.2, 0.25) is 0 Å². The number of nitrogens with zero attached hydrogens (tertiary/aromatic N) is 3. The average molecular weight is 325 g/mol. The van der Waals surface area contributed by atoms with E-state index in [4.69, 9.17) is 5.10 Å². The molecule has 0 amide bonds. The molecule has 2 aliphatic rings. The number of hydrogen-bond acceptors (Lipinski definition) is 4. The number of allylic oxidation sites excluding steroid dienone is 2. The minimum absolute atomic E-state index is 0.312. The fraction of sp³-hybridized carbons (Fsp3) is 0.500. The van der Waals surface area contributed by atoms with Gasteiger partial charge in [-0.3, -0.25) is 9.80 Å². The molecule has 1 aromatic carbocycles. The van der Waals surface area contributed by atoms with Crippen molar-refractivity contribution in [1.82, 2.24) is 9.91 Å². The van der Waals surface area contributed by atoms with Gasteiger partial charge in [0.25, 0.3) is 0 Å². The molecule has 0 aromatic heterocycles. The Hall–Kier alpha value is -1.94. The first-order chi connectivity index (χ1) is 11.7. The molecule has 24 heavy (non-hydrogen) atoms. The maximum Gasteiger partial charge on any atom is 0.161 e. The van der Waals surface area contributed by atoms with E-state index in [-0.39, 0.29) is 0 Å². The van der Waals surface area contributed by atoms with Crippen molar-refractivity contribution in [2.75, 3.05) is 26.2 Å². The zero-order valence-electron chi connectivity index (χ0n) is 14.8. The summed E-state index contributed by atoms with van der Waals surface area (Å²) in [5.74, 6) is 0.312. The second-order valence-corrected chi connectivity index (χ2v) is 6.44. The highest BCUT2D eigenvalue weighted by Gasteiger charge is 2.29. The first kappa shape index (κ1) is 16.9. The predicted molar refractivity (Wildman–Crippen MR) is 98.0 cm³/mol. The van der Waals surface area contributed by atoms with Crippen LogP contribution in [0.4, 0.5) is 0 Å². The van der Waals surface area contributed by atoms with E-state index in [2.05, 4.69) is 35.9 Å². The summed E-state index contributed by atoms with van der Waals surface area (Å²) >= 11 is 0. The molecule has 0 N–H and O–H groups in total. The minimum Gasteiger partial charge on any atom is -0.302 e. The van der Waals surface area contributed by atoms with Crippen LogP contribution < -0.4 is 0 Å². The summed E-state index contributed by atoms with van der Waals surface area (Å²) in [7, 11) is 0. The number of hydrazone groups is 1. The van der Waals surface area contributed by atoms with Crippen LogP contribution in [-0.4, -0.2) is 47.6 Å². The quantitative estimate of drug-likeness (QED) is 0.804. The van der Waals surface area contributed by atoms with Crippen LogP contribution in [0.15, 0.2) is 46.7 Å². The van der Waals surface area contributed by atoms with E-state index in [1.54, 1.807) is 0 Å². The summed E-state index contributed by atoms with van der Waals surface area (Å²) in [6.45, 7) is 8.29. The Balaban J connectivity index is 1.86. The Kier molecular flexibility index (Phi) is 5.46. The molecule has 1 heterocycles. The summed E-state index contributed by atoms with van der Waals surface area (Å²) in [6.07, 6.45) is 3.30. The zero-order valence-corrected chi connectivity index (χ0v) is 14.8. The van der Waals surface area contributed by atoms with E-state index in [1.807, 2.05) is 18.2 Å². The molecule has 0 spiro atoms. The molecule has 0 fully saturated rings. The molecule has 0 unspecified atom stereocenters. The van der Waals surface area contributed by atoms with E-state index in [0.717, 1.165) is 61.6 Å². The van der Waals surface area contributed by atoms with E-state index >= 15 is 0 Å². The van der Waals surface area contributed by atoms with Crippen molar-refractivity contribution in [2.24, 2.45) is 5.10 Å². The lowest BCUT2D eigenvalue weighted by Gasteiger charge is -2.34. The molecule has 0 radical (unpaired) electrons. The lowest BCUT2D eigenvalue weighted by atomic mass is 9.88. The number of carbonyl (C=O) groups is 1. The monoisotopic (exact) mass is 325 g/mol. The summed E-state index contributed by atoms with van der Waals surface area (Å²) in [5, 5.41) is 7.03. The highest BCUT2D eigenvalue weighted by atomic mass is 16.1. The van der Waals surface area contributed by atoms with Crippen molar-refractivity contribution in [2.45, 2.75) is 39.5 Å². The third-order valence-corrected chi connectivity index (χ3v) is 5.03. The number of likely N-dealkylation sites (N-methyl/N-ethyl adjacent to an activating group) is 1. The van der Waals surface area contributed by atoms with Gasteiger partial charge in [0.2, 0.25) is 0 Å². The van der Waals surface area contributed by atoms with E-state index in [1.165, 1.54) is 0 Å². The molecular formula is C20H27N3O. The summed E-state index contributed by atoms with van der Waals surface area (Å²) in [4.78, 5) is 14.9. The van der Waals surface area contributed by atoms with Crippen LogP contribution in [0.5, 0.6) is 0 Å². The van der Waals surface area contributed by atoms with Gasteiger partial charge in [0.15, 0.2) is 5.78 Å². The standard InChI is InChI=1S/C20H27N3O/c1-3-22(4-2)13-14-23-19-11-8-12-20(24)17(19)15-18(21-23)16-9-6-5-7-10-16/h5-7,9-10H,3-4,8,11-15H2,1-2H3. The lowest BCUT2D eigenvalue weighted by molar-refractivity contribution is -0.116. The lowest BCUT2D eigenvalue weighted by Crippen LogP contribution is -2.36. The van der Waals surface area contributed by atoms with Gasteiger partial charge >= 0.3 is 0 Å². The predicted octanol–water partition coefficient (Wildman–Crippen LogP) is 3.45. The van der Waals surface area contributed by atoms with Gasteiger partial charge in [-0.2, -0.15) is 5.10 Å². The van der Waals surface area contributed by atoms with Crippen LogP contribution in [-0.2, 0) is 4.79 Å². The molecule has 0 atom stereocenters. The molecule has 0 bridgehead atoms. The highest BCUT2D eigenvalue weighted by molar-refractivity contribution is 6.09. The van der Waals surface area contributed by atoms with Gasteiger partial charge in [0.05, 0.1) is 12.3 Å². The van der Waals surface area contributed by atoms with Gasteiger partial charge in [-0.05, 0) is 31.5 Å². The zero-order chi connectivity index (χ0) is 16.9. The molecule has 0 saturated carbocycles. The van der Waals surface area contributed by atoms with Gasteiger partial charge < -0.3 is 4.90 Å². The van der Waals surface area contributed by atoms with Gasteiger partial charge in [0, 0.05) is 30.7 Å². The SMILES string of the molecule is CCN(CC)CCN1N=C(c2ccccc2)CC2=C1CCCC2=O. The summed E-state index contributed by atoms with van der Waals surface area (Å²) in [6, 6.07) is 10.2. The largest absolute Gasteiger partial charge is 0.302 e. The Morgan fingerprint density at radius 1 is 1.12 bits per heavy atom. The average Bonchev–Trinajstić information content (AvgIpc) is 2.63. The first-order valence-corrected chi connectivity index (χ1v) is 9.11. The molecule has 4 heteroatoms. The van der Waals surface area contributed by atoms with E-state index in [9.17, 15) is 4.79 Å². The maximum absolute atomic E-state index is 12.5. The molecule has 4 nitrogen and oxygen atoms in total. The molecule has 1 aliphatic carbocycles. The minimum atomic E-state index is 0.312. The number of Topliss-reactive ketones (excluding diaryl/α,β-unsaturated/α-hetero) is 1. The molecule has 0 saturated heterocycles. The smallest absolute Gasteiger partial charge is 0.161 e. The van der Waals surface area contributed by atoms with Gasteiger partial charge in [-0.15, -0.1) is 0 Å². The second-order valence-electron chi connectivity index (χ2n) is 6.44. The molecule has 128 valence electrons. The number of benzene rings is 1. The molecule has 1 aliphatic heterocycles. The van der Waals surface area contributed by atoms with Crippen LogP contribution in [0.25, 0.3) is 0 Å². The van der Waals surface area contributed by atoms with E-state index < -0.39 is 0 Å². The fourth-order valence-electron chi connectivity index (χ4n) is 3.52. The number of hydrogen-bond donors (Lipinski definition) is 0. The topological polar surface area (TPSA) is 35.9 Å². The second kappa shape index (κ2) is 7.75. The van der Waals surface area contributed by atoms with Crippen molar-refractivity contribution in [3.63, 3.8) is 0 Å². The molecule has 3 rings (SSSR count). The van der Waals surface area contributed by atoms with Crippen molar-refractivity contribution in [3.8, 4) is 0 Å². The maximum atomic E-state index is 12.5. The normalized spacial score (nSPS) is 18.0. The molecule has 1 aromatic rings. The fourth-order valence-corrected chi connectivity index (χ4v) is 3.52. The Labute approximate surface area is 144 Å². The van der Waals surface area contributed by atoms with Crippen LogP contribution >= 0.6 is 0 Å². The van der Waals surface area contributed by atoms with Gasteiger partial charge in [-0.1, -0.05) is 44.2 Å². The van der Waals surface area contributed by atoms with Crippen molar-refractivity contribution < 1.29 is 4.79 Å². The summed E-state index contributed by atoms with van der Waals surface area (Å²) < 4.78 is 0. The highest BCUT2D eigenvalue weighted by Crippen LogP contribution is 2.32.